The second-order valence-corrected chi connectivity index (χ2v) is 4.75. The second-order valence-electron chi connectivity index (χ2n) is 3.97. The predicted molar refractivity (Wildman–Crippen MR) is 78.9 cm³/mol. The number of nitrogens with one attached hydrogen (secondary N) is 2. The van der Waals surface area contributed by atoms with Gasteiger partial charge < -0.3 is 10.6 Å². The fourth-order valence-electron chi connectivity index (χ4n) is 1.81. The highest BCUT2D eigenvalue weighted by molar-refractivity contribution is 7.07. The van der Waals surface area contributed by atoms with E-state index in [0.29, 0.717) is 24.5 Å². The molecule has 0 fully saturated rings. The number of rotatable bonds is 6. The summed E-state index contributed by atoms with van der Waals surface area (Å²) in [5, 5.41) is 21.3. The molecule has 0 aliphatic rings. The fraction of sp³-hybridized carbons (Fsp3) is 0.231. The second kappa shape index (κ2) is 6.19. The van der Waals surface area contributed by atoms with Crippen LogP contribution in [0.4, 0.5) is 17.1 Å². The largest absolute Gasteiger partial charge is 0.380 e. The van der Waals surface area contributed by atoms with Crippen LogP contribution in [0.5, 0.6) is 0 Å². The monoisotopic (exact) mass is 277 g/mol. The third kappa shape index (κ3) is 3.23. The van der Waals surface area contributed by atoms with Crippen molar-refractivity contribution in [2.24, 2.45) is 0 Å². The lowest BCUT2D eigenvalue weighted by molar-refractivity contribution is -0.383. The molecule has 0 saturated heterocycles. The Labute approximate surface area is 115 Å². The van der Waals surface area contributed by atoms with Crippen LogP contribution in [-0.4, -0.2) is 11.5 Å². The summed E-state index contributed by atoms with van der Waals surface area (Å²) in [5.41, 5.74) is 2.30. The lowest BCUT2D eigenvalue weighted by Gasteiger charge is -2.10. The summed E-state index contributed by atoms with van der Waals surface area (Å²) in [6, 6.07) is 7.25. The molecule has 0 bridgehead atoms. The number of hydrogen-bond donors (Lipinski definition) is 2. The van der Waals surface area contributed by atoms with Gasteiger partial charge in [0.2, 0.25) is 0 Å². The van der Waals surface area contributed by atoms with Crippen LogP contribution in [0.25, 0.3) is 0 Å². The summed E-state index contributed by atoms with van der Waals surface area (Å²) in [6.07, 6.45) is 0. The Balaban J connectivity index is 2.23. The van der Waals surface area contributed by atoms with Crippen LogP contribution in [0.3, 0.4) is 0 Å². The van der Waals surface area contributed by atoms with Gasteiger partial charge in [-0.1, -0.05) is 6.07 Å². The molecule has 2 rings (SSSR count). The molecule has 1 aromatic heterocycles. The minimum atomic E-state index is -0.353. The van der Waals surface area contributed by atoms with E-state index in [9.17, 15) is 10.1 Å². The third-order valence-electron chi connectivity index (χ3n) is 2.65. The first-order valence-electron chi connectivity index (χ1n) is 5.98. The first-order valence-corrected chi connectivity index (χ1v) is 6.93. The topological polar surface area (TPSA) is 67.2 Å². The highest BCUT2D eigenvalue weighted by Crippen LogP contribution is 2.33. The molecule has 5 nitrogen and oxygen atoms in total. The molecule has 2 aromatic rings. The van der Waals surface area contributed by atoms with Crippen LogP contribution in [0, 0.1) is 10.1 Å². The smallest absolute Gasteiger partial charge is 0.315 e. The van der Waals surface area contributed by atoms with Crippen molar-refractivity contribution in [3.8, 4) is 0 Å². The maximum absolute atomic E-state index is 11.2. The number of benzene rings is 1. The van der Waals surface area contributed by atoms with Crippen LogP contribution in [0.15, 0.2) is 35.0 Å². The van der Waals surface area contributed by atoms with Gasteiger partial charge in [0.05, 0.1) is 4.92 Å². The Morgan fingerprint density at radius 2 is 2.00 bits per heavy atom. The Kier molecular flexibility index (Phi) is 4.35. The van der Waals surface area contributed by atoms with E-state index in [1.165, 1.54) is 0 Å². The van der Waals surface area contributed by atoms with Gasteiger partial charge in [0.25, 0.3) is 0 Å². The quantitative estimate of drug-likeness (QED) is 0.624. The predicted octanol–water partition coefficient (Wildman–Crippen LogP) is 3.70. The lowest BCUT2D eigenvalue weighted by atomic mass is 10.2. The summed E-state index contributed by atoms with van der Waals surface area (Å²) in [5.74, 6) is 0. The average Bonchev–Trinajstić information content (AvgIpc) is 2.89. The van der Waals surface area contributed by atoms with Crippen LogP contribution in [0.2, 0.25) is 0 Å². The van der Waals surface area contributed by atoms with Crippen molar-refractivity contribution in [1.29, 1.82) is 0 Å². The highest BCUT2D eigenvalue weighted by Gasteiger charge is 2.18. The molecule has 0 atom stereocenters. The SMILES string of the molecule is CCNc1cccc(NCc2ccsc2)c1[N+](=O)[O-]. The molecule has 0 spiro atoms. The van der Waals surface area contributed by atoms with Gasteiger partial charge in [-0.25, -0.2) is 0 Å². The first-order chi connectivity index (χ1) is 9.22. The number of nitro benzene ring substituents is 1. The number of thiophene rings is 1. The average molecular weight is 277 g/mol. The molecule has 19 heavy (non-hydrogen) atoms. The van der Waals surface area contributed by atoms with E-state index < -0.39 is 0 Å². The summed E-state index contributed by atoms with van der Waals surface area (Å²) in [7, 11) is 0. The number of nitrogens with zero attached hydrogens (tertiary/aromatic N) is 1. The van der Waals surface area contributed by atoms with Gasteiger partial charge in [-0.2, -0.15) is 11.3 Å². The number of para-hydroxylation sites is 1. The maximum atomic E-state index is 11.2. The molecule has 100 valence electrons. The third-order valence-corrected chi connectivity index (χ3v) is 3.38. The molecule has 0 radical (unpaired) electrons. The van der Waals surface area contributed by atoms with Crippen molar-refractivity contribution in [3.05, 3.63) is 50.7 Å². The van der Waals surface area contributed by atoms with E-state index in [0.717, 1.165) is 5.56 Å². The van der Waals surface area contributed by atoms with Gasteiger partial charge in [-0.05, 0) is 41.4 Å². The zero-order valence-corrected chi connectivity index (χ0v) is 11.4. The van der Waals surface area contributed by atoms with Crippen molar-refractivity contribution in [3.63, 3.8) is 0 Å². The van der Waals surface area contributed by atoms with E-state index in [2.05, 4.69) is 10.6 Å². The lowest BCUT2D eigenvalue weighted by Crippen LogP contribution is -2.06. The first kappa shape index (κ1) is 13.4. The standard InChI is InChI=1S/C13H15N3O2S/c1-2-14-11-4-3-5-12(13(11)16(17)18)15-8-10-6-7-19-9-10/h3-7,9,14-15H,2,8H2,1H3. The molecule has 2 N–H and O–H groups in total. The number of hydrogen-bond acceptors (Lipinski definition) is 5. The number of nitro groups is 1. The molecule has 6 heteroatoms. The maximum Gasteiger partial charge on any atom is 0.315 e. The van der Waals surface area contributed by atoms with Gasteiger partial charge in [-0.15, -0.1) is 0 Å². The highest BCUT2D eigenvalue weighted by atomic mass is 32.1. The van der Waals surface area contributed by atoms with Crippen molar-refractivity contribution in [1.82, 2.24) is 0 Å². The summed E-state index contributed by atoms with van der Waals surface area (Å²) >= 11 is 1.61. The Morgan fingerprint density at radius 1 is 1.26 bits per heavy atom. The van der Waals surface area contributed by atoms with E-state index in [4.69, 9.17) is 0 Å². The van der Waals surface area contributed by atoms with Crippen molar-refractivity contribution >= 4 is 28.4 Å². The molecule has 0 aliphatic carbocycles. The Hall–Kier alpha value is -2.08. The zero-order valence-electron chi connectivity index (χ0n) is 10.6. The zero-order chi connectivity index (χ0) is 13.7. The van der Waals surface area contributed by atoms with Crippen LogP contribution >= 0.6 is 11.3 Å². The molecular formula is C13H15N3O2S. The van der Waals surface area contributed by atoms with Crippen LogP contribution < -0.4 is 10.6 Å². The van der Waals surface area contributed by atoms with E-state index in [1.807, 2.05) is 23.8 Å². The Morgan fingerprint density at radius 3 is 2.58 bits per heavy atom. The van der Waals surface area contributed by atoms with Crippen LogP contribution in [-0.2, 0) is 6.54 Å². The van der Waals surface area contributed by atoms with Gasteiger partial charge >= 0.3 is 5.69 Å². The normalized spacial score (nSPS) is 10.2. The van der Waals surface area contributed by atoms with Gasteiger partial charge in [0.1, 0.15) is 11.4 Å². The summed E-state index contributed by atoms with van der Waals surface area (Å²) in [4.78, 5) is 10.9. The molecule has 1 aromatic carbocycles. The Bertz CT molecular complexity index is 555. The minimum absolute atomic E-state index is 0.0968. The van der Waals surface area contributed by atoms with Crippen molar-refractivity contribution in [2.45, 2.75) is 13.5 Å². The fourth-order valence-corrected chi connectivity index (χ4v) is 2.48. The molecule has 0 aliphatic heterocycles. The van der Waals surface area contributed by atoms with E-state index in [-0.39, 0.29) is 10.6 Å². The van der Waals surface area contributed by atoms with Gasteiger partial charge in [0, 0.05) is 13.1 Å². The van der Waals surface area contributed by atoms with Gasteiger partial charge in [0.15, 0.2) is 0 Å². The van der Waals surface area contributed by atoms with Crippen molar-refractivity contribution < 1.29 is 4.92 Å². The number of anilines is 2. The minimum Gasteiger partial charge on any atom is -0.380 e. The molecule has 0 unspecified atom stereocenters. The van der Waals surface area contributed by atoms with Gasteiger partial charge in [-0.3, -0.25) is 10.1 Å². The molecule has 0 saturated carbocycles. The van der Waals surface area contributed by atoms with E-state index >= 15 is 0 Å². The molecular weight excluding hydrogens is 262 g/mol. The van der Waals surface area contributed by atoms with Crippen LogP contribution in [0.1, 0.15) is 12.5 Å². The van der Waals surface area contributed by atoms with E-state index in [1.54, 1.807) is 29.5 Å². The summed E-state index contributed by atoms with van der Waals surface area (Å²) < 4.78 is 0. The molecule has 0 amide bonds. The molecule has 1 heterocycles. The van der Waals surface area contributed by atoms with Crippen molar-refractivity contribution in [2.75, 3.05) is 17.2 Å². The summed E-state index contributed by atoms with van der Waals surface area (Å²) in [6.45, 7) is 3.14.